The van der Waals surface area contributed by atoms with E-state index in [4.69, 9.17) is 20.9 Å². The molecule has 0 aliphatic carbocycles. The number of aldehydes is 1. The summed E-state index contributed by atoms with van der Waals surface area (Å²) in [5.41, 5.74) is 2.24. The molecule has 0 bridgehead atoms. The summed E-state index contributed by atoms with van der Waals surface area (Å²) in [7, 11) is -10.1. The van der Waals surface area contributed by atoms with E-state index >= 15 is 0 Å². The lowest BCUT2D eigenvalue weighted by atomic mass is 9.75. The van der Waals surface area contributed by atoms with Gasteiger partial charge >= 0.3 is 15.6 Å². The predicted molar refractivity (Wildman–Crippen MR) is 157 cm³/mol. The first-order chi connectivity index (χ1) is 18.6. The highest BCUT2D eigenvalue weighted by Crippen LogP contribution is 2.57. The van der Waals surface area contributed by atoms with Gasteiger partial charge in [0, 0.05) is 17.5 Å². The molecule has 0 saturated carbocycles. The van der Waals surface area contributed by atoms with Crippen molar-refractivity contribution in [3.05, 3.63) is 65.3 Å². The summed E-state index contributed by atoms with van der Waals surface area (Å²) in [5, 5.41) is 0. The Balaban J connectivity index is 3.02. The lowest BCUT2D eigenvalue weighted by molar-refractivity contribution is 0.0601. The molecule has 3 N–H and O–H groups in total. The van der Waals surface area contributed by atoms with Gasteiger partial charge in [-0.15, -0.1) is 13.0 Å². The smallest absolute Gasteiger partial charge is 0.481 e. The quantitative estimate of drug-likeness (QED) is 0.0690. The minimum Gasteiger partial charge on any atom is -0.487 e. The monoisotopic (exact) mass is 596 g/mol. The molecule has 0 spiro atoms. The molecule has 1 rings (SSSR count). The van der Waals surface area contributed by atoms with Gasteiger partial charge in [-0.3, -0.25) is 9.32 Å². The zero-order valence-electron chi connectivity index (χ0n) is 24.0. The number of terminal acetylenes is 1. The standard InChI is InChI=1S/C29H42O9P2/c1-8-25-17-26(22-30)19-27(18-25)37-29(11-4,12-5)21-23(6)13-15-28(9-2,10-3)20-24(7)14-16-36-40(34,35)38-39(31,32)33/h1,9,13-14,17-19,22H,2,10-12,15-16,20-21H2,3-7H3,(H,34,35)(H2,31,32,33). The van der Waals surface area contributed by atoms with Gasteiger partial charge in [0.1, 0.15) is 17.6 Å². The fraction of sp³-hybridized carbons (Fsp3) is 0.483. The maximum Gasteiger partial charge on any atom is 0.481 e. The maximum atomic E-state index is 11.7. The molecule has 11 heteroatoms. The summed E-state index contributed by atoms with van der Waals surface area (Å²) < 4.78 is 37.4. The van der Waals surface area contributed by atoms with Crippen LogP contribution < -0.4 is 4.74 Å². The molecule has 2 unspecified atom stereocenters. The fourth-order valence-corrected chi connectivity index (χ4v) is 5.95. The van der Waals surface area contributed by atoms with Crippen LogP contribution in [0.3, 0.4) is 0 Å². The zero-order valence-corrected chi connectivity index (χ0v) is 25.8. The number of carbonyl (C=O) groups is 1. The highest BCUT2D eigenvalue weighted by Gasteiger charge is 2.32. The number of rotatable bonds is 18. The number of carbonyl (C=O) groups excluding carboxylic acids is 1. The van der Waals surface area contributed by atoms with Gasteiger partial charge in [0.15, 0.2) is 0 Å². The summed E-state index contributed by atoms with van der Waals surface area (Å²) in [4.78, 5) is 38.2. The van der Waals surface area contributed by atoms with Crippen molar-refractivity contribution in [1.29, 1.82) is 0 Å². The Kier molecular flexibility index (Phi) is 14.0. The van der Waals surface area contributed by atoms with Gasteiger partial charge < -0.3 is 19.4 Å². The van der Waals surface area contributed by atoms with Crippen LogP contribution in [0.1, 0.15) is 89.1 Å². The van der Waals surface area contributed by atoms with Crippen molar-refractivity contribution in [3.8, 4) is 18.1 Å². The summed E-state index contributed by atoms with van der Waals surface area (Å²) in [6, 6.07) is 5.10. The van der Waals surface area contributed by atoms with Crippen LogP contribution in [0.5, 0.6) is 5.75 Å². The van der Waals surface area contributed by atoms with E-state index in [1.807, 2.05) is 13.0 Å². The van der Waals surface area contributed by atoms with Gasteiger partial charge in [0.05, 0.1) is 6.61 Å². The fourth-order valence-electron chi connectivity index (χ4n) is 4.42. The van der Waals surface area contributed by atoms with E-state index in [9.17, 15) is 18.8 Å². The highest BCUT2D eigenvalue weighted by atomic mass is 31.3. The molecule has 0 amide bonds. The van der Waals surface area contributed by atoms with Crippen LogP contribution in [0.2, 0.25) is 0 Å². The first kappa shape index (κ1) is 35.8. The molecule has 9 nitrogen and oxygen atoms in total. The van der Waals surface area contributed by atoms with E-state index in [1.165, 1.54) is 0 Å². The number of phosphoric acid groups is 2. The Morgan fingerprint density at radius 1 is 1.02 bits per heavy atom. The molecular formula is C29H42O9P2. The van der Waals surface area contributed by atoms with Gasteiger partial charge in [-0.2, -0.15) is 4.31 Å². The van der Waals surface area contributed by atoms with Crippen molar-refractivity contribution >= 4 is 21.9 Å². The summed E-state index contributed by atoms with van der Waals surface area (Å²) in [6.45, 7) is 13.8. The third-order valence-electron chi connectivity index (χ3n) is 6.96. The van der Waals surface area contributed by atoms with Gasteiger partial charge in [-0.25, -0.2) is 9.13 Å². The largest absolute Gasteiger partial charge is 0.487 e. The minimum absolute atomic E-state index is 0.297. The van der Waals surface area contributed by atoms with Crippen molar-refractivity contribution in [2.24, 2.45) is 5.41 Å². The van der Waals surface area contributed by atoms with Crippen molar-refractivity contribution in [1.82, 2.24) is 0 Å². The predicted octanol–water partition coefficient (Wildman–Crippen LogP) is 7.29. The van der Waals surface area contributed by atoms with Crippen LogP contribution in [0.4, 0.5) is 0 Å². The van der Waals surface area contributed by atoms with E-state index < -0.39 is 21.2 Å². The lowest BCUT2D eigenvalue weighted by Crippen LogP contribution is -2.35. The summed E-state index contributed by atoms with van der Waals surface area (Å²) >= 11 is 0. The molecule has 0 aliphatic heterocycles. The van der Waals surface area contributed by atoms with Crippen molar-refractivity contribution in [3.63, 3.8) is 0 Å². The Morgan fingerprint density at radius 3 is 2.15 bits per heavy atom. The van der Waals surface area contributed by atoms with Crippen LogP contribution >= 0.6 is 15.6 Å². The molecule has 1 aromatic carbocycles. The SMILES string of the molecule is C#Cc1cc(C=O)cc(OC(CC)(CC)CC(C)=CCC(C=C)(CC)CC(C)=CCOP(=O)(O)OP(=O)(O)O)c1. The van der Waals surface area contributed by atoms with Crippen molar-refractivity contribution in [2.75, 3.05) is 6.61 Å². The number of hydrogen-bond acceptors (Lipinski definition) is 6. The second kappa shape index (κ2) is 15.7. The Hall–Kier alpha value is -2.27. The topological polar surface area (TPSA) is 140 Å². The second-order valence-corrected chi connectivity index (χ2v) is 12.8. The van der Waals surface area contributed by atoms with Gasteiger partial charge in [-0.1, -0.05) is 56.1 Å². The Labute approximate surface area is 238 Å². The third-order valence-corrected chi connectivity index (χ3v) is 9.11. The number of benzene rings is 1. The van der Waals surface area contributed by atoms with Crippen LogP contribution in [0.25, 0.3) is 0 Å². The van der Waals surface area contributed by atoms with E-state index in [1.54, 1.807) is 24.3 Å². The van der Waals surface area contributed by atoms with E-state index in [0.29, 0.717) is 36.1 Å². The van der Waals surface area contributed by atoms with Crippen LogP contribution in [-0.2, 0) is 18.0 Å². The Morgan fingerprint density at radius 2 is 1.65 bits per heavy atom. The van der Waals surface area contributed by atoms with E-state index in [-0.39, 0.29) is 12.0 Å². The van der Waals surface area contributed by atoms with E-state index in [0.717, 1.165) is 36.7 Å². The third kappa shape index (κ3) is 12.1. The highest BCUT2D eigenvalue weighted by molar-refractivity contribution is 7.60. The number of phosphoric ester groups is 1. The van der Waals surface area contributed by atoms with Gasteiger partial charge in [0.2, 0.25) is 0 Å². The van der Waals surface area contributed by atoms with Crippen molar-refractivity contribution < 1.29 is 42.2 Å². The Bertz CT molecular complexity index is 1220. The molecule has 0 aromatic heterocycles. The summed E-state index contributed by atoms with van der Waals surface area (Å²) in [5.74, 6) is 3.12. The molecule has 0 radical (unpaired) electrons. The number of hydrogen-bond donors (Lipinski definition) is 3. The molecule has 1 aromatic rings. The summed E-state index contributed by atoms with van der Waals surface area (Å²) in [6.07, 6.45) is 16.2. The molecule has 2 atom stereocenters. The maximum absolute atomic E-state index is 11.7. The number of allylic oxidation sites excluding steroid dienone is 3. The van der Waals surface area contributed by atoms with Gasteiger partial charge in [0.25, 0.3) is 0 Å². The van der Waals surface area contributed by atoms with Crippen LogP contribution in [0.15, 0.2) is 54.2 Å². The van der Waals surface area contributed by atoms with Crippen LogP contribution in [-0.4, -0.2) is 33.2 Å². The average Bonchev–Trinajstić information content (AvgIpc) is 2.88. The first-order valence-corrected chi connectivity index (χ1v) is 16.1. The minimum atomic E-state index is -5.17. The normalized spacial score (nSPS) is 16.0. The first-order valence-electron chi connectivity index (χ1n) is 13.0. The molecule has 40 heavy (non-hydrogen) atoms. The average molecular weight is 597 g/mol. The van der Waals surface area contributed by atoms with E-state index in [2.05, 4.69) is 55.1 Å². The lowest BCUT2D eigenvalue weighted by Gasteiger charge is -2.34. The molecular weight excluding hydrogens is 554 g/mol. The van der Waals surface area contributed by atoms with Crippen molar-refractivity contribution in [2.45, 2.75) is 78.7 Å². The molecule has 0 fully saturated rings. The van der Waals surface area contributed by atoms with Gasteiger partial charge in [-0.05, 0) is 69.6 Å². The number of ether oxygens (including phenoxy) is 1. The molecule has 0 heterocycles. The molecule has 0 aliphatic rings. The second-order valence-electron chi connectivity index (χ2n) is 9.96. The zero-order chi connectivity index (χ0) is 30.6. The van der Waals surface area contributed by atoms with Crippen LogP contribution in [0, 0.1) is 17.8 Å². The molecule has 222 valence electrons. The molecule has 0 saturated heterocycles.